The molecule has 1 aromatic carbocycles. The Morgan fingerprint density at radius 3 is 2.60 bits per heavy atom. The van der Waals surface area contributed by atoms with E-state index < -0.39 is 0 Å². The Labute approximate surface area is 88.7 Å². The lowest BCUT2D eigenvalue weighted by atomic mass is 10.0. The lowest BCUT2D eigenvalue weighted by Gasteiger charge is -2.10. The number of benzene rings is 1. The van der Waals surface area contributed by atoms with E-state index in [9.17, 15) is 4.79 Å². The highest BCUT2D eigenvalue weighted by Gasteiger charge is 2.09. The highest BCUT2D eigenvalue weighted by molar-refractivity contribution is 5.76. The fourth-order valence-electron chi connectivity index (χ4n) is 1.22. The number of nitrogens with two attached hydrogens (primary N) is 1. The molecule has 4 heteroatoms. The van der Waals surface area contributed by atoms with Crippen LogP contribution in [0.1, 0.15) is 23.6 Å². The van der Waals surface area contributed by atoms with Gasteiger partial charge in [-0.15, -0.1) is 0 Å². The summed E-state index contributed by atoms with van der Waals surface area (Å²) in [6.07, 6.45) is 0.252. The summed E-state index contributed by atoms with van der Waals surface area (Å²) in [5, 5.41) is 11.1. The number of carbonyl (C=O) groups is 1. The summed E-state index contributed by atoms with van der Waals surface area (Å²) in [6.45, 7) is 0. The summed E-state index contributed by atoms with van der Waals surface area (Å²) >= 11 is 0. The Morgan fingerprint density at radius 1 is 1.53 bits per heavy atom. The quantitative estimate of drug-likeness (QED) is 0.758. The van der Waals surface area contributed by atoms with Crippen molar-refractivity contribution in [2.24, 2.45) is 5.73 Å². The molecule has 0 saturated heterocycles. The van der Waals surface area contributed by atoms with Crippen molar-refractivity contribution >= 4 is 5.91 Å². The summed E-state index contributed by atoms with van der Waals surface area (Å²) in [5.74, 6) is -0.0909. The number of nitrogens with one attached hydrogen (secondary N) is 1. The zero-order valence-electron chi connectivity index (χ0n) is 8.53. The zero-order valence-corrected chi connectivity index (χ0v) is 8.53. The van der Waals surface area contributed by atoms with Crippen LogP contribution in [-0.4, -0.2) is 13.0 Å². The van der Waals surface area contributed by atoms with Crippen LogP contribution in [0, 0.1) is 11.3 Å². The molecule has 15 heavy (non-hydrogen) atoms. The lowest BCUT2D eigenvalue weighted by molar-refractivity contribution is -0.120. The number of rotatable bonds is 3. The van der Waals surface area contributed by atoms with Gasteiger partial charge in [-0.2, -0.15) is 5.26 Å². The molecule has 0 aromatic heterocycles. The molecule has 0 aliphatic carbocycles. The molecule has 0 aliphatic heterocycles. The molecule has 1 aromatic rings. The largest absolute Gasteiger partial charge is 0.359 e. The molecule has 0 spiro atoms. The molecule has 0 aliphatic rings. The normalized spacial score (nSPS) is 11.5. The Morgan fingerprint density at radius 2 is 2.13 bits per heavy atom. The molecular formula is C11H13N3O. The van der Waals surface area contributed by atoms with Crippen LogP contribution >= 0.6 is 0 Å². The summed E-state index contributed by atoms with van der Waals surface area (Å²) < 4.78 is 0. The van der Waals surface area contributed by atoms with Gasteiger partial charge in [0.1, 0.15) is 0 Å². The fourth-order valence-corrected chi connectivity index (χ4v) is 1.22. The number of amides is 1. The van der Waals surface area contributed by atoms with Crippen molar-refractivity contribution in [2.45, 2.75) is 12.5 Å². The second-order valence-electron chi connectivity index (χ2n) is 3.22. The average Bonchev–Trinajstić information content (AvgIpc) is 2.29. The van der Waals surface area contributed by atoms with Gasteiger partial charge >= 0.3 is 0 Å². The monoisotopic (exact) mass is 203 g/mol. The standard InChI is InChI=1S/C11H13N3O/c1-14-11(15)6-10(13)9-4-2-8(7-12)3-5-9/h2-5,10H,6,13H2,1H3,(H,14,15). The molecule has 1 amide bonds. The van der Waals surface area contributed by atoms with Gasteiger partial charge in [-0.05, 0) is 17.7 Å². The van der Waals surface area contributed by atoms with Crippen LogP contribution < -0.4 is 11.1 Å². The maximum Gasteiger partial charge on any atom is 0.221 e. The molecule has 0 fully saturated rings. The molecule has 1 atom stereocenters. The third kappa shape index (κ3) is 3.08. The minimum atomic E-state index is -0.322. The molecule has 4 nitrogen and oxygen atoms in total. The SMILES string of the molecule is CNC(=O)CC(N)c1ccc(C#N)cc1. The van der Waals surface area contributed by atoms with Crippen molar-refractivity contribution < 1.29 is 4.79 Å². The minimum absolute atomic E-state index is 0.0909. The van der Waals surface area contributed by atoms with Gasteiger partial charge in [0.2, 0.25) is 5.91 Å². The van der Waals surface area contributed by atoms with Gasteiger partial charge in [0.15, 0.2) is 0 Å². The topological polar surface area (TPSA) is 78.9 Å². The summed E-state index contributed by atoms with van der Waals surface area (Å²) in [6, 6.07) is 8.63. The molecule has 1 rings (SSSR count). The van der Waals surface area contributed by atoms with Gasteiger partial charge in [0.05, 0.1) is 11.6 Å². The van der Waals surface area contributed by atoms with Crippen LogP contribution in [0.25, 0.3) is 0 Å². The van der Waals surface area contributed by atoms with Gasteiger partial charge in [0, 0.05) is 19.5 Å². The predicted molar refractivity (Wildman–Crippen MR) is 56.8 cm³/mol. The molecule has 0 radical (unpaired) electrons. The van der Waals surface area contributed by atoms with Gasteiger partial charge < -0.3 is 11.1 Å². The first-order valence-corrected chi connectivity index (χ1v) is 4.63. The number of nitrogens with zero attached hydrogens (tertiary/aromatic N) is 1. The van der Waals surface area contributed by atoms with E-state index in [1.54, 1.807) is 31.3 Å². The van der Waals surface area contributed by atoms with Crippen LogP contribution in [0.3, 0.4) is 0 Å². The van der Waals surface area contributed by atoms with Crippen LogP contribution in [0.4, 0.5) is 0 Å². The van der Waals surface area contributed by atoms with Gasteiger partial charge in [-0.1, -0.05) is 12.1 Å². The van der Waals surface area contributed by atoms with E-state index in [1.807, 2.05) is 6.07 Å². The molecule has 0 bridgehead atoms. The Kier molecular flexibility index (Phi) is 3.83. The summed E-state index contributed by atoms with van der Waals surface area (Å²) in [5.41, 5.74) is 7.27. The maximum absolute atomic E-state index is 11.1. The maximum atomic E-state index is 11.1. The van der Waals surface area contributed by atoms with Crippen molar-refractivity contribution in [3.8, 4) is 6.07 Å². The van der Waals surface area contributed by atoms with Crippen molar-refractivity contribution in [2.75, 3.05) is 7.05 Å². The fraction of sp³-hybridized carbons (Fsp3) is 0.273. The Bertz CT molecular complexity index is 378. The molecule has 0 heterocycles. The lowest BCUT2D eigenvalue weighted by Crippen LogP contribution is -2.24. The van der Waals surface area contributed by atoms with E-state index in [0.717, 1.165) is 5.56 Å². The second kappa shape index (κ2) is 5.13. The van der Waals surface area contributed by atoms with E-state index >= 15 is 0 Å². The van der Waals surface area contributed by atoms with E-state index in [0.29, 0.717) is 5.56 Å². The van der Waals surface area contributed by atoms with Crippen LogP contribution in [-0.2, 0) is 4.79 Å². The molecule has 0 saturated carbocycles. The Balaban J connectivity index is 2.70. The van der Waals surface area contributed by atoms with E-state index in [1.165, 1.54) is 0 Å². The number of hydrogen-bond acceptors (Lipinski definition) is 3. The Hall–Kier alpha value is -1.86. The van der Waals surface area contributed by atoms with E-state index in [-0.39, 0.29) is 18.4 Å². The van der Waals surface area contributed by atoms with E-state index in [4.69, 9.17) is 11.0 Å². The van der Waals surface area contributed by atoms with Crippen molar-refractivity contribution in [3.05, 3.63) is 35.4 Å². The van der Waals surface area contributed by atoms with Crippen LogP contribution in [0.15, 0.2) is 24.3 Å². The molecule has 1 unspecified atom stereocenters. The number of nitriles is 1. The highest BCUT2D eigenvalue weighted by Crippen LogP contribution is 2.14. The minimum Gasteiger partial charge on any atom is -0.359 e. The number of carbonyl (C=O) groups excluding carboxylic acids is 1. The van der Waals surface area contributed by atoms with Crippen LogP contribution in [0.5, 0.6) is 0 Å². The average molecular weight is 203 g/mol. The molecule has 78 valence electrons. The highest BCUT2D eigenvalue weighted by atomic mass is 16.1. The third-order valence-corrected chi connectivity index (χ3v) is 2.15. The second-order valence-corrected chi connectivity index (χ2v) is 3.22. The first-order valence-electron chi connectivity index (χ1n) is 4.63. The third-order valence-electron chi connectivity index (χ3n) is 2.15. The zero-order chi connectivity index (χ0) is 11.3. The summed E-state index contributed by atoms with van der Waals surface area (Å²) in [4.78, 5) is 11.1. The molecule has 3 N–H and O–H groups in total. The van der Waals surface area contributed by atoms with Gasteiger partial charge in [0.25, 0.3) is 0 Å². The van der Waals surface area contributed by atoms with Gasteiger partial charge in [-0.3, -0.25) is 4.79 Å². The first-order chi connectivity index (χ1) is 7.17. The summed E-state index contributed by atoms with van der Waals surface area (Å²) in [7, 11) is 1.58. The van der Waals surface area contributed by atoms with E-state index in [2.05, 4.69) is 5.32 Å². The predicted octanol–water partition coefficient (Wildman–Crippen LogP) is 0.694. The van der Waals surface area contributed by atoms with Gasteiger partial charge in [-0.25, -0.2) is 0 Å². The molecular weight excluding hydrogens is 190 g/mol. The number of hydrogen-bond donors (Lipinski definition) is 2. The van der Waals surface area contributed by atoms with Crippen molar-refractivity contribution in [1.82, 2.24) is 5.32 Å². The smallest absolute Gasteiger partial charge is 0.221 e. The van der Waals surface area contributed by atoms with Crippen molar-refractivity contribution in [1.29, 1.82) is 5.26 Å². The van der Waals surface area contributed by atoms with Crippen LogP contribution in [0.2, 0.25) is 0 Å². The van der Waals surface area contributed by atoms with Crippen molar-refractivity contribution in [3.63, 3.8) is 0 Å². The first kappa shape index (κ1) is 11.2.